The predicted molar refractivity (Wildman–Crippen MR) is 104 cm³/mol. The molecule has 0 saturated carbocycles. The molecule has 0 unspecified atom stereocenters. The smallest absolute Gasteiger partial charge is 0.261 e. The van der Waals surface area contributed by atoms with E-state index in [9.17, 15) is 14.0 Å². The number of nitrogens with one attached hydrogen (secondary N) is 1. The normalized spacial score (nSPS) is 15.5. The Bertz CT molecular complexity index is 1140. The lowest BCUT2D eigenvalue weighted by molar-refractivity contribution is 0.102. The molecule has 0 aliphatic carbocycles. The molecule has 1 amide bonds. The minimum atomic E-state index is -0.574. The van der Waals surface area contributed by atoms with E-state index in [-0.39, 0.29) is 22.1 Å². The van der Waals surface area contributed by atoms with Crippen molar-refractivity contribution in [3.05, 3.63) is 73.2 Å². The van der Waals surface area contributed by atoms with Crippen LogP contribution < -0.4 is 10.7 Å². The van der Waals surface area contributed by atoms with Crippen LogP contribution in [0.15, 0.2) is 45.8 Å². The fraction of sp³-hybridized carbons (Fsp3) is 0.158. The summed E-state index contributed by atoms with van der Waals surface area (Å²) < 4.78 is 16.1. The van der Waals surface area contributed by atoms with Crippen LogP contribution >= 0.6 is 27.5 Å². The highest BCUT2D eigenvalue weighted by Crippen LogP contribution is 2.33. The summed E-state index contributed by atoms with van der Waals surface area (Å²) in [4.78, 5) is 25.6. The second-order valence-electron chi connectivity index (χ2n) is 6.38. The third-order valence-corrected chi connectivity index (χ3v) is 5.33. The molecular weight excluding hydrogens is 423 g/mol. The zero-order chi connectivity index (χ0) is 18.6. The minimum Gasteiger partial charge on any atom is -0.343 e. The maximum absolute atomic E-state index is 13.3. The van der Waals surface area contributed by atoms with Crippen molar-refractivity contribution >= 4 is 50.0 Å². The van der Waals surface area contributed by atoms with Crippen LogP contribution in [0.3, 0.4) is 0 Å². The summed E-state index contributed by atoms with van der Waals surface area (Å²) in [5, 5.41) is 3.02. The molecular formula is C19H13BrClFN2O2. The Balaban J connectivity index is 1.82. The number of halogens is 3. The Hall–Kier alpha value is -2.18. The van der Waals surface area contributed by atoms with Crippen LogP contribution in [0.2, 0.25) is 5.02 Å². The monoisotopic (exact) mass is 434 g/mol. The first-order valence-corrected chi connectivity index (χ1v) is 9.16. The van der Waals surface area contributed by atoms with Crippen LogP contribution in [-0.2, 0) is 6.42 Å². The van der Waals surface area contributed by atoms with Crippen LogP contribution in [0.4, 0.5) is 10.1 Å². The Morgan fingerprint density at radius 1 is 1.35 bits per heavy atom. The van der Waals surface area contributed by atoms with Crippen molar-refractivity contribution < 1.29 is 9.18 Å². The summed E-state index contributed by atoms with van der Waals surface area (Å²) in [6.07, 6.45) is 2.40. The van der Waals surface area contributed by atoms with E-state index in [0.29, 0.717) is 11.1 Å². The topological polar surface area (TPSA) is 51.1 Å². The molecule has 4 nitrogen and oxygen atoms in total. The Kier molecular flexibility index (Phi) is 4.12. The average molecular weight is 436 g/mol. The van der Waals surface area contributed by atoms with Gasteiger partial charge in [-0.3, -0.25) is 9.59 Å². The number of nitrogens with zero attached hydrogens (tertiary/aromatic N) is 1. The van der Waals surface area contributed by atoms with Crippen LogP contribution in [0.25, 0.3) is 10.9 Å². The van der Waals surface area contributed by atoms with Gasteiger partial charge in [0, 0.05) is 27.8 Å². The SMILES string of the molecule is C[C@@H]1Cc2cc(Br)cc3c(=O)c(C(=O)Nc4ccc(F)c(Cl)c4)cn1c23. The van der Waals surface area contributed by atoms with Crippen molar-refractivity contribution in [3.8, 4) is 0 Å². The van der Waals surface area contributed by atoms with Gasteiger partial charge in [-0.25, -0.2) is 4.39 Å². The van der Waals surface area contributed by atoms with Crippen molar-refractivity contribution in [2.75, 3.05) is 5.32 Å². The highest BCUT2D eigenvalue weighted by molar-refractivity contribution is 9.10. The Morgan fingerprint density at radius 3 is 2.85 bits per heavy atom. The van der Waals surface area contributed by atoms with Crippen molar-refractivity contribution in [3.63, 3.8) is 0 Å². The second kappa shape index (κ2) is 6.21. The Morgan fingerprint density at radius 2 is 2.12 bits per heavy atom. The van der Waals surface area contributed by atoms with Crippen molar-refractivity contribution in [2.45, 2.75) is 19.4 Å². The molecule has 1 N–H and O–H groups in total. The average Bonchev–Trinajstić information content (AvgIpc) is 2.89. The molecule has 26 heavy (non-hydrogen) atoms. The fourth-order valence-corrected chi connectivity index (χ4v) is 4.08. The number of rotatable bonds is 2. The highest BCUT2D eigenvalue weighted by Gasteiger charge is 2.25. The molecule has 0 fully saturated rings. The second-order valence-corrected chi connectivity index (χ2v) is 7.70. The summed E-state index contributed by atoms with van der Waals surface area (Å²) in [6, 6.07) is 7.76. The number of hydrogen-bond donors (Lipinski definition) is 1. The number of anilines is 1. The van der Waals surface area contributed by atoms with Crippen LogP contribution in [0.1, 0.15) is 28.9 Å². The van der Waals surface area contributed by atoms with E-state index in [2.05, 4.69) is 21.2 Å². The summed E-state index contributed by atoms with van der Waals surface area (Å²) in [7, 11) is 0. The van der Waals surface area contributed by atoms with Crippen LogP contribution in [0, 0.1) is 5.82 Å². The number of hydrogen-bond acceptors (Lipinski definition) is 2. The summed E-state index contributed by atoms with van der Waals surface area (Å²) in [5.74, 6) is -1.13. The zero-order valence-electron chi connectivity index (χ0n) is 13.6. The number of pyridine rings is 1. The maximum atomic E-state index is 13.3. The number of amides is 1. The van der Waals surface area contributed by atoms with Gasteiger partial charge in [-0.15, -0.1) is 0 Å². The van der Waals surface area contributed by atoms with Crippen molar-refractivity contribution in [1.82, 2.24) is 4.57 Å². The van der Waals surface area contributed by atoms with Gasteiger partial charge in [-0.05, 0) is 49.2 Å². The van der Waals surface area contributed by atoms with E-state index >= 15 is 0 Å². The largest absolute Gasteiger partial charge is 0.343 e. The predicted octanol–water partition coefficient (Wildman–Crippen LogP) is 4.93. The first kappa shape index (κ1) is 17.2. The summed E-state index contributed by atoms with van der Waals surface area (Å²) >= 11 is 9.18. The standard InChI is InChI=1S/C19H13BrClFN2O2/c1-9-4-10-5-11(20)6-13-17(10)24(9)8-14(18(13)25)19(26)23-12-2-3-16(22)15(21)7-12/h2-3,5-9H,4H2,1H3,(H,23,26)/t9-/m1/s1. The molecule has 3 aromatic rings. The van der Waals surface area contributed by atoms with Gasteiger partial charge in [-0.2, -0.15) is 0 Å². The van der Waals surface area contributed by atoms with Gasteiger partial charge < -0.3 is 9.88 Å². The number of carbonyl (C=O) groups excluding carboxylic acids is 1. The molecule has 0 saturated heterocycles. The molecule has 0 spiro atoms. The first-order valence-electron chi connectivity index (χ1n) is 7.99. The van der Waals surface area contributed by atoms with E-state index < -0.39 is 11.7 Å². The van der Waals surface area contributed by atoms with E-state index in [1.165, 1.54) is 12.1 Å². The molecule has 2 aromatic carbocycles. The lowest BCUT2D eigenvalue weighted by atomic mass is 10.1. The van der Waals surface area contributed by atoms with Gasteiger partial charge in [0.05, 0.1) is 10.5 Å². The van der Waals surface area contributed by atoms with Crippen molar-refractivity contribution in [2.24, 2.45) is 0 Å². The summed E-state index contributed by atoms with van der Waals surface area (Å²) in [6.45, 7) is 2.04. The molecule has 1 aromatic heterocycles. The van der Waals surface area contributed by atoms with E-state index in [4.69, 9.17) is 11.6 Å². The molecule has 132 valence electrons. The maximum Gasteiger partial charge on any atom is 0.261 e. The lowest BCUT2D eigenvalue weighted by Crippen LogP contribution is -2.23. The number of carbonyl (C=O) groups is 1. The minimum absolute atomic E-state index is 0.0377. The summed E-state index contributed by atoms with van der Waals surface area (Å²) in [5.41, 5.74) is 1.97. The lowest BCUT2D eigenvalue weighted by Gasteiger charge is -2.13. The molecule has 0 radical (unpaired) electrons. The van der Waals surface area contributed by atoms with E-state index in [0.717, 1.165) is 28.0 Å². The Labute approximate surface area is 161 Å². The molecule has 2 heterocycles. The number of aromatic nitrogens is 1. The van der Waals surface area contributed by atoms with Gasteiger partial charge in [0.15, 0.2) is 0 Å². The molecule has 4 rings (SSSR count). The van der Waals surface area contributed by atoms with Gasteiger partial charge in [-0.1, -0.05) is 27.5 Å². The third kappa shape index (κ3) is 2.73. The van der Waals surface area contributed by atoms with E-state index in [1.807, 2.05) is 17.6 Å². The van der Waals surface area contributed by atoms with Crippen LogP contribution in [-0.4, -0.2) is 10.5 Å². The third-order valence-electron chi connectivity index (χ3n) is 4.58. The molecule has 0 bridgehead atoms. The molecule has 1 aliphatic heterocycles. The molecule has 1 aliphatic rings. The van der Waals surface area contributed by atoms with Gasteiger partial charge in [0.1, 0.15) is 11.4 Å². The fourth-order valence-electron chi connectivity index (χ4n) is 3.39. The van der Waals surface area contributed by atoms with E-state index in [1.54, 1.807) is 12.3 Å². The van der Waals surface area contributed by atoms with Crippen LogP contribution in [0.5, 0.6) is 0 Å². The first-order chi connectivity index (χ1) is 12.3. The quantitative estimate of drug-likeness (QED) is 0.621. The zero-order valence-corrected chi connectivity index (χ0v) is 16.0. The van der Waals surface area contributed by atoms with Gasteiger partial charge in [0.25, 0.3) is 5.91 Å². The molecule has 1 atom stereocenters. The van der Waals surface area contributed by atoms with Gasteiger partial charge >= 0.3 is 0 Å². The van der Waals surface area contributed by atoms with Crippen molar-refractivity contribution in [1.29, 1.82) is 0 Å². The number of benzene rings is 2. The highest BCUT2D eigenvalue weighted by atomic mass is 79.9. The molecule has 7 heteroatoms. The van der Waals surface area contributed by atoms with Gasteiger partial charge in [0.2, 0.25) is 5.43 Å².